The molecule has 0 heterocycles. The van der Waals surface area contributed by atoms with Gasteiger partial charge in [-0.05, 0) is 11.1 Å². The molecular weight excluding hydrogens is 222 g/mol. The summed E-state index contributed by atoms with van der Waals surface area (Å²) < 4.78 is 0. The minimum atomic E-state index is 0.0884. The molecule has 0 bridgehead atoms. The zero-order valence-corrected chi connectivity index (χ0v) is 10.3. The van der Waals surface area contributed by atoms with E-state index in [1.165, 1.54) is 5.56 Å². The van der Waals surface area contributed by atoms with Crippen LogP contribution in [0.1, 0.15) is 11.1 Å². The summed E-state index contributed by atoms with van der Waals surface area (Å²) in [6, 6.07) is 20.4. The van der Waals surface area contributed by atoms with Gasteiger partial charge in [-0.2, -0.15) is 0 Å². The van der Waals surface area contributed by atoms with Gasteiger partial charge in [-0.25, -0.2) is 0 Å². The van der Waals surface area contributed by atoms with Crippen LogP contribution in [0.3, 0.4) is 0 Å². The molecule has 2 aromatic carbocycles. The molecule has 0 aliphatic rings. The van der Waals surface area contributed by atoms with Crippen molar-refractivity contribution in [2.24, 2.45) is 4.99 Å². The normalized spacial score (nSPS) is 11.5. The standard InChI is InChI=1S/C16H17NO/c18-12-11-17-16(15-9-5-2-6-10-15)13-14-7-3-1-4-8-14/h1-10,18H,11-13H2. The number of rotatable bonds is 5. The molecule has 0 saturated heterocycles. The fraction of sp³-hybridized carbons (Fsp3) is 0.188. The van der Waals surface area contributed by atoms with Crippen molar-refractivity contribution in [2.75, 3.05) is 13.2 Å². The lowest BCUT2D eigenvalue weighted by atomic mass is 10.0. The van der Waals surface area contributed by atoms with Crippen molar-refractivity contribution in [3.8, 4) is 0 Å². The second-order valence-electron chi connectivity index (χ2n) is 4.08. The largest absolute Gasteiger partial charge is 0.394 e. The van der Waals surface area contributed by atoms with Gasteiger partial charge in [0.25, 0.3) is 0 Å². The van der Waals surface area contributed by atoms with Crippen molar-refractivity contribution in [2.45, 2.75) is 6.42 Å². The van der Waals surface area contributed by atoms with Crippen LogP contribution in [-0.4, -0.2) is 24.0 Å². The van der Waals surface area contributed by atoms with Crippen molar-refractivity contribution < 1.29 is 5.11 Å². The lowest BCUT2D eigenvalue weighted by molar-refractivity contribution is 0.307. The number of benzene rings is 2. The maximum atomic E-state index is 8.92. The Labute approximate surface area is 108 Å². The zero-order chi connectivity index (χ0) is 12.6. The van der Waals surface area contributed by atoms with E-state index in [2.05, 4.69) is 29.3 Å². The van der Waals surface area contributed by atoms with E-state index < -0.39 is 0 Å². The number of aliphatic hydroxyl groups is 1. The molecule has 2 nitrogen and oxygen atoms in total. The van der Waals surface area contributed by atoms with Crippen LogP contribution in [0.2, 0.25) is 0 Å². The number of hydrogen-bond donors (Lipinski definition) is 1. The molecule has 0 unspecified atom stereocenters. The summed E-state index contributed by atoms with van der Waals surface area (Å²) >= 11 is 0. The predicted octanol–water partition coefficient (Wildman–Crippen LogP) is 2.71. The van der Waals surface area contributed by atoms with Crippen LogP contribution < -0.4 is 0 Å². The summed E-state index contributed by atoms with van der Waals surface area (Å²) in [6.07, 6.45) is 0.796. The summed E-state index contributed by atoms with van der Waals surface area (Å²) in [5.74, 6) is 0. The zero-order valence-electron chi connectivity index (χ0n) is 10.3. The molecule has 0 amide bonds. The molecule has 18 heavy (non-hydrogen) atoms. The smallest absolute Gasteiger partial charge is 0.0627 e. The molecule has 0 aromatic heterocycles. The van der Waals surface area contributed by atoms with Crippen LogP contribution in [0.4, 0.5) is 0 Å². The van der Waals surface area contributed by atoms with Gasteiger partial charge in [0.1, 0.15) is 0 Å². The van der Waals surface area contributed by atoms with E-state index in [1.807, 2.05) is 36.4 Å². The molecule has 92 valence electrons. The maximum Gasteiger partial charge on any atom is 0.0627 e. The minimum Gasteiger partial charge on any atom is -0.394 e. The Hall–Kier alpha value is -1.93. The molecule has 0 aliphatic carbocycles. The number of aliphatic hydroxyl groups excluding tert-OH is 1. The van der Waals surface area contributed by atoms with Gasteiger partial charge in [-0.15, -0.1) is 0 Å². The van der Waals surface area contributed by atoms with Crippen LogP contribution in [0.25, 0.3) is 0 Å². The summed E-state index contributed by atoms with van der Waals surface area (Å²) in [6.45, 7) is 0.544. The number of hydrogen-bond acceptors (Lipinski definition) is 2. The second kappa shape index (κ2) is 6.72. The highest BCUT2D eigenvalue weighted by Crippen LogP contribution is 2.08. The highest BCUT2D eigenvalue weighted by molar-refractivity contribution is 6.01. The molecule has 2 aromatic rings. The van der Waals surface area contributed by atoms with Crippen molar-refractivity contribution in [1.29, 1.82) is 0 Å². The van der Waals surface area contributed by atoms with Gasteiger partial charge in [0.2, 0.25) is 0 Å². The fourth-order valence-electron chi connectivity index (χ4n) is 1.85. The van der Waals surface area contributed by atoms with Gasteiger partial charge in [0, 0.05) is 12.1 Å². The van der Waals surface area contributed by atoms with Gasteiger partial charge in [0.05, 0.1) is 13.2 Å². The Morgan fingerprint density at radius 2 is 1.50 bits per heavy atom. The van der Waals surface area contributed by atoms with E-state index in [1.54, 1.807) is 0 Å². The first-order chi connectivity index (χ1) is 8.90. The monoisotopic (exact) mass is 239 g/mol. The molecule has 0 saturated carbocycles. The third-order valence-electron chi connectivity index (χ3n) is 2.72. The van der Waals surface area contributed by atoms with Crippen molar-refractivity contribution in [3.05, 3.63) is 71.8 Å². The maximum absolute atomic E-state index is 8.92. The third-order valence-corrected chi connectivity index (χ3v) is 2.72. The van der Waals surface area contributed by atoms with Crippen LogP contribution in [0.15, 0.2) is 65.7 Å². The highest BCUT2D eigenvalue weighted by Gasteiger charge is 2.03. The van der Waals surface area contributed by atoms with E-state index >= 15 is 0 Å². The topological polar surface area (TPSA) is 32.6 Å². The average molecular weight is 239 g/mol. The van der Waals surface area contributed by atoms with Crippen LogP contribution >= 0.6 is 0 Å². The van der Waals surface area contributed by atoms with Gasteiger partial charge in [0.15, 0.2) is 0 Å². The molecule has 2 rings (SSSR count). The van der Waals surface area contributed by atoms with Gasteiger partial charge in [-0.1, -0.05) is 60.7 Å². The summed E-state index contributed by atoms with van der Waals surface area (Å²) in [5.41, 5.74) is 3.38. The lowest BCUT2D eigenvalue weighted by Crippen LogP contribution is -2.07. The van der Waals surface area contributed by atoms with Crippen molar-refractivity contribution >= 4 is 5.71 Å². The van der Waals surface area contributed by atoms with Gasteiger partial charge in [-0.3, -0.25) is 4.99 Å². The second-order valence-corrected chi connectivity index (χ2v) is 4.08. The SMILES string of the molecule is OCCN=C(Cc1ccccc1)c1ccccc1. The first-order valence-corrected chi connectivity index (χ1v) is 6.13. The fourth-order valence-corrected chi connectivity index (χ4v) is 1.85. The van der Waals surface area contributed by atoms with Crippen LogP contribution in [-0.2, 0) is 6.42 Å². The Morgan fingerprint density at radius 3 is 2.11 bits per heavy atom. The van der Waals surface area contributed by atoms with E-state index in [4.69, 9.17) is 5.11 Å². The molecule has 0 atom stereocenters. The quantitative estimate of drug-likeness (QED) is 0.799. The summed E-state index contributed by atoms with van der Waals surface area (Å²) in [4.78, 5) is 4.47. The molecule has 1 N–H and O–H groups in total. The Bertz CT molecular complexity index is 491. The number of nitrogens with zero attached hydrogens (tertiary/aromatic N) is 1. The third kappa shape index (κ3) is 3.54. The Kier molecular flexibility index (Phi) is 4.68. The van der Waals surface area contributed by atoms with Crippen LogP contribution in [0, 0.1) is 0 Å². The molecule has 0 fully saturated rings. The Balaban J connectivity index is 2.22. The lowest BCUT2D eigenvalue weighted by Gasteiger charge is -2.07. The van der Waals surface area contributed by atoms with Crippen LogP contribution in [0.5, 0.6) is 0 Å². The molecular formula is C16H17NO. The first-order valence-electron chi connectivity index (χ1n) is 6.13. The van der Waals surface area contributed by atoms with E-state index in [9.17, 15) is 0 Å². The van der Waals surface area contributed by atoms with Gasteiger partial charge < -0.3 is 5.11 Å². The van der Waals surface area contributed by atoms with Crippen molar-refractivity contribution in [1.82, 2.24) is 0 Å². The number of aliphatic imine (C=N–C) groups is 1. The van der Waals surface area contributed by atoms with Crippen molar-refractivity contribution in [3.63, 3.8) is 0 Å². The molecule has 2 heteroatoms. The van der Waals surface area contributed by atoms with Gasteiger partial charge >= 0.3 is 0 Å². The van der Waals surface area contributed by atoms with E-state index in [-0.39, 0.29) is 6.61 Å². The molecule has 0 aliphatic heterocycles. The first kappa shape index (κ1) is 12.5. The Morgan fingerprint density at radius 1 is 0.889 bits per heavy atom. The minimum absolute atomic E-state index is 0.0884. The summed E-state index contributed by atoms with van der Waals surface area (Å²) in [5, 5.41) is 8.92. The average Bonchev–Trinajstić information content (AvgIpc) is 2.45. The molecule has 0 radical (unpaired) electrons. The predicted molar refractivity (Wildman–Crippen MR) is 75.1 cm³/mol. The molecule has 0 spiro atoms. The highest BCUT2D eigenvalue weighted by atomic mass is 16.3. The van der Waals surface area contributed by atoms with E-state index in [0.29, 0.717) is 6.54 Å². The summed E-state index contributed by atoms with van der Waals surface area (Å²) in [7, 11) is 0. The van der Waals surface area contributed by atoms with E-state index in [0.717, 1.165) is 17.7 Å².